The Labute approximate surface area is 89.9 Å². The van der Waals surface area contributed by atoms with Crippen LogP contribution in [0.2, 0.25) is 0 Å². The second kappa shape index (κ2) is 3.17. The molecule has 0 aromatic rings. The Kier molecular flexibility index (Phi) is 2.23. The summed E-state index contributed by atoms with van der Waals surface area (Å²) in [5.41, 5.74) is 0.610. The smallest absolute Gasteiger partial charge is 0.352 e. The number of fused-ring (bicyclic) bond motifs is 1. The van der Waals surface area contributed by atoms with Gasteiger partial charge < -0.3 is 5.11 Å². The molecule has 76 valence electrons. The normalized spacial score (nSPS) is 31.3. The van der Waals surface area contributed by atoms with Crippen LogP contribution in [0.3, 0.4) is 0 Å². The van der Waals surface area contributed by atoms with Crippen LogP contribution >= 0.6 is 23.4 Å². The van der Waals surface area contributed by atoms with Crippen molar-refractivity contribution in [1.82, 2.24) is 4.90 Å². The molecule has 2 heterocycles. The van der Waals surface area contributed by atoms with E-state index >= 15 is 0 Å². The van der Waals surface area contributed by atoms with Crippen LogP contribution in [0.25, 0.3) is 0 Å². The zero-order valence-electron chi connectivity index (χ0n) is 7.36. The molecule has 0 aliphatic carbocycles. The number of carbonyl (C=O) groups excluding carboxylic acids is 1. The Bertz CT molecular complexity index is 354. The van der Waals surface area contributed by atoms with Crippen molar-refractivity contribution in [2.45, 2.75) is 23.4 Å². The first-order valence-corrected chi connectivity index (χ1v) is 5.46. The van der Waals surface area contributed by atoms with Gasteiger partial charge in [0.1, 0.15) is 10.4 Å². The lowest BCUT2D eigenvalue weighted by atomic mass is 10.1. The predicted molar refractivity (Wildman–Crippen MR) is 52.8 cm³/mol. The summed E-state index contributed by atoms with van der Waals surface area (Å²) in [6, 6.07) is 0. The summed E-state index contributed by atoms with van der Waals surface area (Å²) in [6.07, 6.45) is 0.387. The van der Waals surface area contributed by atoms with E-state index in [1.807, 2.05) is 0 Å². The van der Waals surface area contributed by atoms with E-state index in [1.54, 1.807) is 6.92 Å². The predicted octanol–water partition coefficient (Wildman–Crippen LogP) is 1.22. The Balaban J connectivity index is 2.42. The third-order valence-electron chi connectivity index (χ3n) is 2.34. The van der Waals surface area contributed by atoms with E-state index in [9.17, 15) is 9.59 Å². The Morgan fingerprint density at radius 1 is 1.71 bits per heavy atom. The minimum atomic E-state index is -1.08. The molecule has 4 nitrogen and oxygen atoms in total. The van der Waals surface area contributed by atoms with Gasteiger partial charge in [0.15, 0.2) is 0 Å². The maximum Gasteiger partial charge on any atom is 0.352 e. The number of nitrogens with zero attached hydrogens (tertiary/aromatic N) is 1. The zero-order valence-corrected chi connectivity index (χ0v) is 8.93. The van der Waals surface area contributed by atoms with Gasteiger partial charge in [-0.2, -0.15) is 0 Å². The average Bonchev–Trinajstić information content (AvgIpc) is 2.09. The standard InChI is InChI=1S/C8H8ClNO3S/c1-3-6(8(12)13)10-4(11)2-5(10)14-7(3)9/h5,7H,2H2,1H3,(H,12,13)/t5-,7?/m1/s1. The third-order valence-corrected chi connectivity index (χ3v) is 4.26. The first-order valence-electron chi connectivity index (χ1n) is 4.08. The molecule has 2 atom stereocenters. The number of halogens is 1. The van der Waals surface area contributed by atoms with Crippen molar-refractivity contribution in [2.24, 2.45) is 0 Å². The zero-order chi connectivity index (χ0) is 10.5. The van der Waals surface area contributed by atoms with Gasteiger partial charge >= 0.3 is 5.97 Å². The monoisotopic (exact) mass is 233 g/mol. The molecule has 14 heavy (non-hydrogen) atoms. The molecule has 1 saturated heterocycles. The van der Waals surface area contributed by atoms with Crippen LogP contribution in [-0.4, -0.2) is 32.0 Å². The Morgan fingerprint density at radius 3 is 2.86 bits per heavy atom. The van der Waals surface area contributed by atoms with Crippen LogP contribution in [0.5, 0.6) is 0 Å². The molecule has 1 fully saturated rings. The van der Waals surface area contributed by atoms with Crippen LogP contribution in [0.4, 0.5) is 0 Å². The van der Waals surface area contributed by atoms with Gasteiger partial charge in [-0.1, -0.05) is 0 Å². The summed E-state index contributed by atoms with van der Waals surface area (Å²) in [5.74, 6) is -1.21. The maximum atomic E-state index is 11.2. The van der Waals surface area contributed by atoms with E-state index in [1.165, 1.54) is 16.7 Å². The van der Waals surface area contributed by atoms with Crippen molar-refractivity contribution in [1.29, 1.82) is 0 Å². The van der Waals surface area contributed by atoms with Crippen LogP contribution in [0.15, 0.2) is 11.3 Å². The number of amides is 1. The van der Waals surface area contributed by atoms with E-state index in [-0.39, 0.29) is 21.7 Å². The summed E-state index contributed by atoms with van der Waals surface area (Å²) >= 11 is 7.37. The largest absolute Gasteiger partial charge is 0.477 e. The van der Waals surface area contributed by atoms with Gasteiger partial charge in [-0.3, -0.25) is 9.69 Å². The summed E-state index contributed by atoms with van der Waals surface area (Å²) in [4.78, 5) is 23.5. The molecule has 1 amide bonds. The summed E-state index contributed by atoms with van der Waals surface area (Å²) in [5, 5.41) is 8.86. The highest BCUT2D eigenvalue weighted by atomic mass is 35.5. The van der Waals surface area contributed by atoms with Crippen molar-refractivity contribution >= 4 is 35.2 Å². The van der Waals surface area contributed by atoms with Crippen molar-refractivity contribution in [3.8, 4) is 0 Å². The quantitative estimate of drug-likeness (QED) is 0.547. The van der Waals surface area contributed by atoms with Crippen LogP contribution < -0.4 is 0 Å². The van der Waals surface area contributed by atoms with Crippen molar-refractivity contribution < 1.29 is 14.7 Å². The Morgan fingerprint density at radius 2 is 2.36 bits per heavy atom. The molecule has 0 aromatic carbocycles. The number of carboxylic acids is 1. The van der Waals surface area contributed by atoms with E-state index in [0.717, 1.165) is 0 Å². The lowest BCUT2D eigenvalue weighted by Crippen LogP contribution is -2.54. The number of β-lactam (4-membered cyclic amide) rings is 1. The van der Waals surface area contributed by atoms with Gasteiger partial charge in [0, 0.05) is 0 Å². The first kappa shape index (κ1) is 9.86. The molecule has 0 saturated carbocycles. The number of carbonyl (C=O) groups is 2. The molecule has 2 rings (SSSR count). The third kappa shape index (κ3) is 1.23. The highest BCUT2D eigenvalue weighted by Gasteiger charge is 2.47. The minimum absolute atomic E-state index is 0.0602. The Hall–Kier alpha value is -0.680. The van der Waals surface area contributed by atoms with Crippen molar-refractivity contribution in [3.63, 3.8) is 0 Å². The molecule has 6 heteroatoms. The molecule has 0 radical (unpaired) electrons. The molecule has 0 bridgehead atoms. The van der Waals surface area contributed by atoms with E-state index in [0.29, 0.717) is 12.0 Å². The lowest BCUT2D eigenvalue weighted by Gasteiger charge is -2.44. The maximum absolute atomic E-state index is 11.2. The van der Waals surface area contributed by atoms with Crippen LogP contribution in [0, 0.1) is 0 Å². The highest BCUT2D eigenvalue weighted by Crippen LogP contribution is 2.44. The minimum Gasteiger partial charge on any atom is -0.477 e. The molecular formula is C8H8ClNO3S. The number of carboxylic acid groups (broad SMARTS) is 1. The first-order chi connectivity index (χ1) is 6.52. The lowest BCUT2D eigenvalue weighted by molar-refractivity contribution is -0.146. The fourth-order valence-electron chi connectivity index (χ4n) is 1.57. The number of aliphatic carboxylic acids is 1. The van der Waals surface area contributed by atoms with Gasteiger partial charge in [0.25, 0.3) is 0 Å². The number of thioether (sulfide) groups is 1. The summed E-state index contributed by atoms with van der Waals surface area (Å²) in [6.45, 7) is 1.65. The fraction of sp³-hybridized carbons (Fsp3) is 0.500. The fourth-order valence-corrected chi connectivity index (χ4v) is 3.21. The van der Waals surface area contributed by atoms with Crippen molar-refractivity contribution in [3.05, 3.63) is 11.3 Å². The molecule has 1 unspecified atom stereocenters. The summed E-state index contributed by atoms with van der Waals surface area (Å²) in [7, 11) is 0. The summed E-state index contributed by atoms with van der Waals surface area (Å²) < 4.78 is -0.338. The van der Waals surface area contributed by atoms with E-state index in [4.69, 9.17) is 16.7 Å². The van der Waals surface area contributed by atoms with Gasteiger partial charge in [-0.05, 0) is 12.5 Å². The van der Waals surface area contributed by atoms with Gasteiger partial charge in [-0.25, -0.2) is 4.79 Å². The van der Waals surface area contributed by atoms with Gasteiger partial charge in [0.05, 0.1) is 11.8 Å². The second-order valence-electron chi connectivity index (χ2n) is 3.21. The highest BCUT2D eigenvalue weighted by molar-refractivity contribution is 8.02. The van der Waals surface area contributed by atoms with E-state index in [2.05, 4.69) is 0 Å². The second-order valence-corrected chi connectivity index (χ2v) is 5.19. The molecule has 0 spiro atoms. The topological polar surface area (TPSA) is 57.6 Å². The number of hydrogen-bond acceptors (Lipinski definition) is 3. The van der Waals surface area contributed by atoms with Gasteiger partial charge in [-0.15, -0.1) is 23.4 Å². The molecule has 0 aromatic heterocycles. The molecule has 2 aliphatic heterocycles. The number of alkyl halides is 1. The SMILES string of the molecule is CC1=C(C(=O)O)N2C(=O)C[C@H]2SC1Cl. The number of rotatable bonds is 1. The average molecular weight is 234 g/mol. The van der Waals surface area contributed by atoms with E-state index < -0.39 is 5.97 Å². The number of hydrogen-bond donors (Lipinski definition) is 1. The van der Waals surface area contributed by atoms with Crippen LogP contribution in [0.1, 0.15) is 13.3 Å². The van der Waals surface area contributed by atoms with Crippen molar-refractivity contribution in [2.75, 3.05) is 0 Å². The molecular weight excluding hydrogens is 226 g/mol. The molecule has 2 aliphatic rings. The van der Waals surface area contributed by atoms with Gasteiger partial charge in [0.2, 0.25) is 5.91 Å². The molecule has 1 N–H and O–H groups in total. The van der Waals surface area contributed by atoms with Crippen LogP contribution in [-0.2, 0) is 9.59 Å².